The van der Waals surface area contributed by atoms with Crippen LogP contribution < -0.4 is 5.32 Å². The third-order valence-corrected chi connectivity index (χ3v) is 4.46. The van der Waals surface area contributed by atoms with Gasteiger partial charge in [0.15, 0.2) is 0 Å². The summed E-state index contributed by atoms with van der Waals surface area (Å²) >= 11 is 0. The molecule has 2 rings (SSSR count). The molecule has 134 valence electrons. The van der Waals surface area contributed by atoms with Crippen LogP contribution in [-0.2, 0) is 23.9 Å². The van der Waals surface area contributed by atoms with Gasteiger partial charge in [0.2, 0.25) is 18.2 Å². The number of imide groups is 2. The SMILES string of the molecule is CCC1C=CC(OC)=C(C)C(C(=O)N(C=O)C2CCC(=O)NC2=O)=C1. The number of carbonyl (C=O) groups is 4. The van der Waals surface area contributed by atoms with Gasteiger partial charge in [0, 0.05) is 17.6 Å². The Morgan fingerprint density at radius 3 is 2.72 bits per heavy atom. The highest BCUT2D eigenvalue weighted by Gasteiger charge is 2.36. The van der Waals surface area contributed by atoms with E-state index >= 15 is 0 Å². The van der Waals surface area contributed by atoms with Gasteiger partial charge in [0.05, 0.1) is 7.11 Å². The molecule has 1 aliphatic carbocycles. The van der Waals surface area contributed by atoms with Gasteiger partial charge in [0.1, 0.15) is 11.8 Å². The second-order valence-electron chi connectivity index (χ2n) is 5.99. The number of hydrogen-bond donors (Lipinski definition) is 1. The maximum Gasteiger partial charge on any atom is 0.261 e. The second kappa shape index (κ2) is 7.92. The van der Waals surface area contributed by atoms with Gasteiger partial charge in [0.25, 0.3) is 5.91 Å². The van der Waals surface area contributed by atoms with E-state index in [9.17, 15) is 19.2 Å². The minimum atomic E-state index is -0.987. The number of ether oxygens (including phenoxy) is 1. The van der Waals surface area contributed by atoms with Gasteiger partial charge >= 0.3 is 0 Å². The van der Waals surface area contributed by atoms with Crippen LogP contribution in [0.5, 0.6) is 0 Å². The molecule has 4 amide bonds. The van der Waals surface area contributed by atoms with Crippen LogP contribution in [0, 0.1) is 5.92 Å². The molecule has 0 aromatic heterocycles. The Morgan fingerprint density at radius 1 is 1.44 bits per heavy atom. The van der Waals surface area contributed by atoms with Gasteiger partial charge in [-0.3, -0.25) is 29.4 Å². The molecule has 0 saturated carbocycles. The van der Waals surface area contributed by atoms with Crippen LogP contribution in [0.25, 0.3) is 0 Å². The number of methoxy groups -OCH3 is 1. The van der Waals surface area contributed by atoms with Crippen LogP contribution in [0.4, 0.5) is 0 Å². The fourth-order valence-corrected chi connectivity index (χ4v) is 2.92. The topological polar surface area (TPSA) is 92.8 Å². The van der Waals surface area contributed by atoms with Crippen molar-refractivity contribution in [2.45, 2.75) is 39.2 Å². The third-order valence-electron chi connectivity index (χ3n) is 4.46. The number of carbonyl (C=O) groups excluding carboxylic acids is 4. The minimum absolute atomic E-state index is 0.0109. The summed E-state index contributed by atoms with van der Waals surface area (Å²) in [5.41, 5.74) is 0.921. The summed E-state index contributed by atoms with van der Waals surface area (Å²) in [6.07, 6.45) is 6.85. The van der Waals surface area contributed by atoms with Gasteiger partial charge in [-0.1, -0.05) is 19.1 Å². The molecule has 25 heavy (non-hydrogen) atoms. The van der Waals surface area contributed by atoms with E-state index in [0.29, 0.717) is 23.3 Å². The summed E-state index contributed by atoms with van der Waals surface area (Å²) in [5.74, 6) is -1.06. The van der Waals surface area contributed by atoms with Crippen LogP contribution in [0.2, 0.25) is 0 Å². The predicted octanol–water partition coefficient (Wildman–Crippen LogP) is 1.22. The van der Waals surface area contributed by atoms with Gasteiger partial charge in [-0.25, -0.2) is 0 Å². The van der Waals surface area contributed by atoms with Crippen LogP contribution in [0.3, 0.4) is 0 Å². The number of rotatable bonds is 5. The number of piperidine rings is 1. The summed E-state index contributed by atoms with van der Waals surface area (Å²) in [4.78, 5) is 48.7. The standard InChI is InChI=1S/C18H22N2O5/c1-4-12-5-7-15(25-3)11(2)13(9-12)18(24)20(10-21)14-6-8-16(22)19-17(14)23/h5,7,9-10,12,14H,4,6,8H2,1-3H3,(H,19,22,23). The van der Waals surface area contributed by atoms with Crippen molar-refractivity contribution in [3.63, 3.8) is 0 Å². The molecule has 2 unspecified atom stereocenters. The molecule has 0 aromatic rings. The van der Waals surface area contributed by atoms with E-state index in [0.717, 1.165) is 11.3 Å². The van der Waals surface area contributed by atoms with Crippen LogP contribution in [0.15, 0.2) is 35.1 Å². The summed E-state index contributed by atoms with van der Waals surface area (Å²) in [6, 6.07) is -0.987. The van der Waals surface area contributed by atoms with E-state index < -0.39 is 23.8 Å². The highest BCUT2D eigenvalue weighted by Crippen LogP contribution is 2.27. The van der Waals surface area contributed by atoms with Crippen molar-refractivity contribution < 1.29 is 23.9 Å². The minimum Gasteiger partial charge on any atom is -0.496 e. The van der Waals surface area contributed by atoms with Gasteiger partial charge < -0.3 is 4.74 Å². The van der Waals surface area contributed by atoms with Crippen molar-refractivity contribution >= 4 is 24.1 Å². The fourth-order valence-electron chi connectivity index (χ4n) is 2.92. The molecular weight excluding hydrogens is 324 g/mol. The third kappa shape index (κ3) is 3.87. The molecule has 0 aromatic carbocycles. The largest absolute Gasteiger partial charge is 0.496 e. The smallest absolute Gasteiger partial charge is 0.261 e. The number of amides is 4. The lowest BCUT2D eigenvalue weighted by molar-refractivity contribution is -0.148. The van der Waals surface area contributed by atoms with E-state index in [2.05, 4.69) is 5.32 Å². The average Bonchev–Trinajstić information content (AvgIpc) is 2.75. The first kappa shape index (κ1) is 18.6. The Kier molecular flexibility index (Phi) is 5.90. The van der Waals surface area contributed by atoms with Crippen molar-refractivity contribution in [3.8, 4) is 0 Å². The molecule has 1 aliphatic heterocycles. The molecule has 1 fully saturated rings. The van der Waals surface area contributed by atoms with Gasteiger partial charge in [-0.2, -0.15) is 0 Å². The van der Waals surface area contributed by atoms with E-state index in [4.69, 9.17) is 4.74 Å². The normalized spacial score (nSPS) is 23.6. The first-order valence-electron chi connectivity index (χ1n) is 8.19. The van der Waals surface area contributed by atoms with Crippen molar-refractivity contribution in [3.05, 3.63) is 35.1 Å². The summed E-state index contributed by atoms with van der Waals surface area (Å²) in [7, 11) is 1.51. The lowest BCUT2D eigenvalue weighted by atomic mass is 9.98. The van der Waals surface area contributed by atoms with Gasteiger partial charge in [-0.05, 0) is 31.8 Å². The Morgan fingerprint density at radius 2 is 2.16 bits per heavy atom. The predicted molar refractivity (Wildman–Crippen MR) is 89.8 cm³/mol. The Bertz CT molecular complexity index is 690. The molecule has 2 aliphatic rings. The zero-order chi connectivity index (χ0) is 18.6. The van der Waals surface area contributed by atoms with Crippen molar-refractivity contribution in [1.82, 2.24) is 10.2 Å². The number of nitrogens with one attached hydrogen (secondary N) is 1. The maximum absolute atomic E-state index is 13.0. The summed E-state index contributed by atoms with van der Waals surface area (Å²) in [5, 5.41) is 2.17. The molecule has 1 saturated heterocycles. The highest BCUT2D eigenvalue weighted by molar-refractivity contribution is 6.08. The molecule has 7 nitrogen and oxygen atoms in total. The average molecular weight is 346 g/mol. The fraction of sp³-hybridized carbons (Fsp3) is 0.444. The summed E-state index contributed by atoms with van der Waals surface area (Å²) < 4.78 is 5.32. The Hall–Kier alpha value is -2.70. The first-order chi connectivity index (χ1) is 11.9. The zero-order valence-corrected chi connectivity index (χ0v) is 14.6. The van der Waals surface area contributed by atoms with Crippen molar-refractivity contribution in [1.29, 1.82) is 0 Å². The molecule has 0 bridgehead atoms. The second-order valence-corrected chi connectivity index (χ2v) is 5.99. The van der Waals surface area contributed by atoms with Crippen LogP contribution in [-0.4, -0.2) is 42.2 Å². The van der Waals surface area contributed by atoms with Crippen LogP contribution >= 0.6 is 0 Å². The van der Waals surface area contributed by atoms with Crippen molar-refractivity contribution in [2.24, 2.45) is 5.92 Å². The Labute approximate surface area is 146 Å². The Balaban J connectivity index is 2.37. The number of allylic oxidation sites excluding steroid dienone is 3. The first-order valence-corrected chi connectivity index (χ1v) is 8.19. The van der Waals surface area contributed by atoms with E-state index in [-0.39, 0.29) is 18.8 Å². The molecule has 2 atom stereocenters. The number of hydrogen-bond acceptors (Lipinski definition) is 5. The molecular formula is C18H22N2O5. The molecule has 0 radical (unpaired) electrons. The maximum atomic E-state index is 13.0. The quantitative estimate of drug-likeness (QED) is 0.597. The zero-order valence-electron chi connectivity index (χ0n) is 14.6. The van der Waals surface area contributed by atoms with Crippen molar-refractivity contribution in [2.75, 3.05) is 7.11 Å². The van der Waals surface area contributed by atoms with Gasteiger partial charge in [-0.15, -0.1) is 0 Å². The van der Waals surface area contributed by atoms with E-state index in [1.54, 1.807) is 19.1 Å². The number of nitrogens with zero attached hydrogens (tertiary/aromatic N) is 1. The monoisotopic (exact) mass is 346 g/mol. The van der Waals surface area contributed by atoms with Crippen LogP contribution in [0.1, 0.15) is 33.1 Å². The highest BCUT2D eigenvalue weighted by atomic mass is 16.5. The van der Waals surface area contributed by atoms with E-state index in [1.807, 2.05) is 13.0 Å². The lowest BCUT2D eigenvalue weighted by Crippen LogP contribution is -2.54. The molecule has 7 heteroatoms. The molecule has 1 heterocycles. The molecule has 1 N–H and O–H groups in total. The lowest BCUT2D eigenvalue weighted by Gasteiger charge is -2.29. The summed E-state index contributed by atoms with van der Waals surface area (Å²) in [6.45, 7) is 3.72. The molecule has 0 spiro atoms. The van der Waals surface area contributed by atoms with E-state index in [1.165, 1.54) is 7.11 Å².